The number of hydrogen-bond acceptors (Lipinski definition) is 2. The Bertz CT molecular complexity index is 386. The van der Waals surface area contributed by atoms with E-state index in [0.717, 1.165) is 0 Å². The van der Waals surface area contributed by atoms with Crippen LogP contribution in [0.2, 0.25) is 0 Å². The van der Waals surface area contributed by atoms with Crippen molar-refractivity contribution in [3.63, 3.8) is 0 Å². The molecule has 0 heterocycles. The summed E-state index contributed by atoms with van der Waals surface area (Å²) >= 11 is 0. The van der Waals surface area contributed by atoms with E-state index in [1.165, 1.54) is 0 Å². The Hall–Kier alpha value is -1.96. The Morgan fingerprint density at radius 3 is 2.15 bits per heavy atom. The van der Waals surface area contributed by atoms with Crippen molar-refractivity contribution in [2.45, 2.75) is 0 Å². The highest BCUT2D eigenvalue weighted by Crippen LogP contribution is 2.19. The molecule has 5 heteroatoms. The maximum Gasteiger partial charge on any atom is 0.275 e. The Kier molecular flexibility index (Phi) is 2.24. The Labute approximate surface area is 72.1 Å². The van der Waals surface area contributed by atoms with Gasteiger partial charge in [0.05, 0.1) is 22.6 Å². The normalized spacial score (nSPS) is 9.31. The maximum atomic E-state index is 12.8. The molecule has 0 saturated heterocycles. The quantitative estimate of drug-likeness (QED) is 0.379. The van der Waals surface area contributed by atoms with Crippen LogP contribution in [0.1, 0.15) is 5.56 Å². The van der Waals surface area contributed by atoms with Gasteiger partial charge in [-0.15, -0.1) is 6.42 Å². The second-order valence-corrected chi connectivity index (χ2v) is 2.19. The second kappa shape index (κ2) is 3.19. The summed E-state index contributed by atoms with van der Waals surface area (Å²) in [5.41, 5.74) is -1.25. The molecule has 0 N–H and O–H groups in total. The number of nitrogens with zero attached hydrogens (tertiary/aromatic N) is 1. The molecule has 66 valence electrons. The first-order valence-corrected chi connectivity index (χ1v) is 3.16. The molecule has 0 bridgehead atoms. The van der Waals surface area contributed by atoms with E-state index in [4.69, 9.17) is 6.42 Å². The fourth-order valence-corrected chi connectivity index (χ4v) is 0.803. The molecule has 0 saturated carbocycles. The molecule has 0 aromatic heterocycles. The first kappa shape index (κ1) is 9.13. The lowest BCUT2D eigenvalue weighted by atomic mass is 10.2. The zero-order valence-electron chi connectivity index (χ0n) is 6.25. The van der Waals surface area contributed by atoms with Gasteiger partial charge < -0.3 is 0 Å². The monoisotopic (exact) mass is 183 g/mol. The lowest BCUT2D eigenvalue weighted by Gasteiger charge is -1.96. The van der Waals surface area contributed by atoms with Crippen molar-refractivity contribution in [1.29, 1.82) is 0 Å². The van der Waals surface area contributed by atoms with Crippen LogP contribution in [-0.2, 0) is 0 Å². The molecule has 0 aliphatic carbocycles. The van der Waals surface area contributed by atoms with Crippen molar-refractivity contribution in [2.75, 3.05) is 0 Å². The average Bonchev–Trinajstić information content (AvgIpc) is 2.03. The number of nitro groups is 1. The zero-order chi connectivity index (χ0) is 10.0. The number of non-ortho nitro benzene ring substituents is 1. The van der Waals surface area contributed by atoms with E-state index in [1.54, 1.807) is 5.92 Å². The molecule has 1 aromatic rings. The SMILES string of the molecule is C#Cc1c(F)cc([N+](=O)[O-])cc1F. The van der Waals surface area contributed by atoms with Gasteiger partial charge in [0, 0.05) is 0 Å². The minimum Gasteiger partial charge on any atom is -0.258 e. The first-order chi connectivity index (χ1) is 6.06. The van der Waals surface area contributed by atoms with Gasteiger partial charge >= 0.3 is 0 Å². The average molecular weight is 183 g/mol. The van der Waals surface area contributed by atoms with Gasteiger partial charge in [0.1, 0.15) is 11.6 Å². The molecule has 1 rings (SSSR count). The summed E-state index contributed by atoms with van der Waals surface area (Å²) in [6.07, 6.45) is 4.78. The third kappa shape index (κ3) is 1.62. The van der Waals surface area contributed by atoms with Crippen molar-refractivity contribution in [3.05, 3.63) is 39.4 Å². The fourth-order valence-electron chi connectivity index (χ4n) is 0.803. The molecule has 0 atom stereocenters. The highest BCUT2D eigenvalue weighted by molar-refractivity contribution is 5.42. The summed E-state index contributed by atoms with van der Waals surface area (Å²) in [4.78, 5) is 9.23. The van der Waals surface area contributed by atoms with Crippen molar-refractivity contribution in [1.82, 2.24) is 0 Å². The third-order valence-corrected chi connectivity index (χ3v) is 1.38. The van der Waals surface area contributed by atoms with E-state index >= 15 is 0 Å². The van der Waals surface area contributed by atoms with Crippen LogP contribution in [0.4, 0.5) is 14.5 Å². The lowest BCUT2D eigenvalue weighted by Crippen LogP contribution is -1.95. The fraction of sp³-hybridized carbons (Fsp3) is 0. The van der Waals surface area contributed by atoms with E-state index in [1.807, 2.05) is 0 Å². The largest absolute Gasteiger partial charge is 0.275 e. The molecule has 0 amide bonds. The molecular formula is C8H3F2NO2. The molecule has 0 aliphatic rings. The van der Waals surface area contributed by atoms with Crippen LogP contribution in [0.25, 0.3) is 0 Å². The van der Waals surface area contributed by atoms with Crippen LogP contribution in [0.15, 0.2) is 12.1 Å². The minimum atomic E-state index is -1.10. The van der Waals surface area contributed by atoms with Crippen LogP contribution in [0, 0.1) is 34.1 Å². The summed E-state index contributed by atoms with van der Waals surface area (Å²) in [5, 5.41) is 10.1. The maximum absolute atomic E-state index is 12.8. The lowest BCUT2D eigenvalue weighted by molar-refractivity contribution is -0.385. The Morgan fingerprint density at radius 1 is 1.38 bits per heavy atom. The minimum absolute atomic E-state index is 0.582. The van der Waals surface area contributed by atoms with E-state index < -0.39 is 27.8 Å². The molecule has 0 fully saturated rings. The van der Waals surface area contributed by atoms with Gasteiger partial charge in [-0.25, -0.2) is 8.78 Å². The predicted molar refractivity (Wildman–Crippen MR) is 40.9 cm³/mol. The van der Waals surface area contributed by atoms with Crippen LogP contribution in [0.5, 0.6) is 0 Å². The Morgan fingerprint density at radius 2 is 1.85 bits per heavy atom. The van der Waals surface area contributed by atoms with Crippen molar-refractivity contribution >= 4 is 5.69 Å². The topological polar surface area (TPSA) is 43.1 Å². The van der Waals surface area contributed by atoms with Crippen LogP contribution < -0.4 is 0 Å². The molecule has 3 nitrogen and oxygen atoms in total. The molecular weight excluding hydrogens is 180 g/mol. The summed E-state index contributed by atoms with van der Waals surface area (Å²) < 4.78 is 25.6. The standard InChI is InChI=1S/C8H3F2NO2/c1-2-6-7(9)3-5(11(12)13)4-8(6)10/h1,3-4H. The summed E-state index contributed by atoms with van der Waals surface area (Å²) in [6.45, 7) is 0. The molecule has 0 aliphatic heterocycles. The van der Waals surface area contributed by atoms with E-state index in [0.29, 0.717) is 12.1 Å². The number of rotatable bonds is 1. The molecule has 0 radical (unpaired) electrons. The number of halogens is 2. The number of terminal acetylenes is 1. The van der Waals surface area contributed by atoms with Crippen LogP contribution in [-0.4, -0.2) is 4.92 Å². The molecule has 0 spiro atoms. The smallest absolute Gasteiger partial charge is 0.258 e. The van der Waals surface area contributed by atoms with Crippen molar-refractivity contribution in [2.24, 2.45) is 0 Å². The van der Waals surface area contributed by atoms with Gasteiger partial charge in [0.2, 0.25) is 0 Å². The summed E-state index contributed by atoms with van der Waals surface area (Å²) in [6, 6.07) is 1.16. The van der Waals surface area contributed by atoms with Crippen LogP contribution in [0.3, 0.4) is 0 Å². The number of hydrogen-bond donors (Lipinski definition) is 0. The molecule has 13 heavy (non-hydrogen) atoms. The third-order valence-electron chi connectivity index (χ3n) is 1.38. The van der Waals surface area contributed by atoms with E-state index in [2.05, 4.69) is 0 Å². The Balaban J connectivity index is 3.39. The highest BCUT2D eigenvalue weighted by atomic mass is 19.1. The van der Waals surface area contributed by atoms with Gasteiger partial charge in [-0.2, -0.15) is 0 Å². The number of nitro benzene ring substituents is 1. The first-order valence-electron chi connectivity index (χ1n) is 3.16. The predicted octanol–water partition coefficient (Wildman–Crippen LogP) is 1.85. The van der Waals surface area contributed by atoms with Crippen molar-refractivity contribution < 1.29 is 13.7 Å². The van der Waals surface area contributed by atoms with Gasteiger partial charge in [-0.05, 0) is 0 Å². The summed E-state index contributed by atoms with van der Waals surface area (Å²) in [5.74, 6) is -0.448. The van der Waals surface area contributed by atoms with Gasteiger partial charge in [-0.3, -0.25) is 10.1 Å². The van der Waals surface area contributed by atoms with Crippen LogP contribution >= 0.6 is 0 Å². The van der Waals surface area contributed by atoms with Crippen molar-refractivity contribution in [3.8, 4) is 12.3 Å². The van der Waals surface area contributed by atoms with Gasteiger partial charge in [0.25, 0.3) is 5.69 Å². The summed E-state index contributed by atoms with van der Waals surface area (Å²) in [7, 11) is 0. The second-order valence-electron chi connectivity index (χ2n) is 2.19. The van der Waals surface area contributed by atoms with Gasteiger partial charge in [-0.1, -0.05) is 5.92 Å². The number of benzene rings is 1. The molecule has 1 aromatic carbocycles. The van der Waals surface area contributed by atoms with E-state index in [-0.39, 0.29) is 0 Å². The molecule has 0 unspecified atom stereocenters. The highest BCUT2D eigenvalue weighted by Gasteiger charge is 2.14. The van der Waals surface area contributed by atoms with E-state index in [9.17, 15) is 18.9 Å². The zero-order valence-corrected chi connectivity index (χ0v) is 6.25. The van der Waals surface area contributed by atoms with Gasteiger partial charge in [0.15, 0.2) is 0 Å².